The van der Waals surface area contributed by atoms with Gasteiger partial charge in [0.05, 0.1) is 0 Å². The molecular weight excluding hydrogens is 339 g/mol. The predicted octanol–water partition coefficient (Wildman–Crippen LogP) is -4.01. The Morgan fingerprint density at radius 3 is 0.611 bits per heavy atom. The van der Waals surface area contributed by atoms with Crippen molar-refractivity contribution in [3.05, 3.63) is 0 Å². The van der Waals surface area contributed by atoms with E-state index in [1.807, 2.05) is 0 Å². The molecular formula is C4H10Al2O9P3+3. The van der Waals surface area contributed by atoms with Crippen LogP contribution in [-0.2, 0) is 13.7 Å². The predicted molar refractivity (Wildman–Crippen MR) is 54.8 cm³/mol. The minimum atomic E-state index is -3.37. The molecule has 0 aliphatic rings. The van der Waals surface area contributed by atoms with E-state index in [2.05, 4.69) is 20.8 Å². The van der Waals surface area contributed by atoms with Crippen LogP contribution in [0, 0.1) is 5.92 Å². The zero-order valence-corrected chi connectivity index (χ0v) is 14.7. The first kappa shape index (κ1) is 36.5. The summed E-state index contributed by atoms with van der Waals surface area (Å²) in [7, 11) is -10.1. The van der Waals surface area contributed by atoms with Crippen LogP contribution in [0.3, 0.4) is 0 Å². The molecule has 0 saturated carbocycles. The second kappa shape index (κ2) is 30.9. The van der Waals surface area contributed by atoms with E-state index in [-0.39, 0.29) is 34.7 Å². The zero-order chi connectivity index (χ0) is 14.3. The molecule has 0 bridgehead atoms. The Bertz CT molecular complexity index is 159. The van der Waals surface area contributed by atoms with Gasteiger partial charge in [-0.05, 0) is 5.92 Å². The second-order valence-corrected chi connectivity index (χ2v) is 3.74. The van der Waals surface area contributed by atoms with Gasteiger partial charge in [-0.1, -0.05) is 34.5 Å². The Hall–Kier alpha value is 1.12. The first-order valence-corrected chi connectivity index (χ1v) is 6.66. The number of hydrogen-bond donors (Lipinski definition) is 0. The fourth-order valence-corrected chi connectivity index (χ4v) is 0. The van der Waals surface area contributed by atoms with Crippen molar-refractivity contribution >= 4 is 59.5 Å². The van der Waals surface area contributed by atoms with E-state index >= 15 is 0 Å². The van der Waals surface area contributed by atoms with Gasteiger partial charge in [0.2, 0.25) is 0 Å². The third kappa shape index (κ3) is 3520. The summed E-state index contributed by atoms with van der Waals surface area (Å²) in [5.74, 6) is 0.833. The molecule has 0 aromatic rings. The maximum Gasteiger partial charge on any atom is 3.00 e. The van der Waals surface area contributed by atoms with Crippen molar-refractivity contribution in [1.82, 2.24) is 0 Å². The van der Waals surface area contributed by atoms with Crippen LogP contribution in [-0.4, -0.2) is 34.7 Å². The molecule has 0 aliphatic carbocycles. The monoisotopic (exact) mass is 349 g/mol. The molecule has 0 amide bonds. The van der Waals surface area contributed by atoms with E-state index in [4.69, 9.17) is 43.1 Å². The molecule has 0 unspecified atom stereocenters. The quantitative estimate of drug-likeness (QED) is 0.310. The van der Waals surface area contributed by atoms with Crippen molar-refractivity contribution in [1.29, 1.82) is 0 Å². The molecule has 0 aromatic carbocycles. The second-order valence-electron chi connectivity index (χ2n) is 2.40. The molecule has 0 aliphatic heterocycles. The smallest absolute Gasteiger partial charge is 0.598 e. The van der Waals surface area contributed by atoms with Crippen molar-refractivity contribution in [2.45, 2.75) is 20.8 Å². The molecule has 0 atom stereocenters. The van der Waals surface area contributed by atoms with E-state index < -0.39 is 24.8 Å². The van der Waals surface area contributed by atoms with Gasteiger partial charge in [-0.2, -0.15) is 0 Å². The summed E-state index contributed by atoms with van der Waals surface area (Å²) in [6.45, 7) is 6.50. The van der Waals surface area contributed by atoms with Crippen molar-refractivity contribution < 1.29 is 43.1 Å². The van der Waals surface area contributed by atoms with Gasteiger partial charge in [0.25, 0.3) is 24.8 Å². The number of hydrogen-bond acceptors (Lipinski definition) is 9. The number of rotatable bonds is 0. The third-order valence-corrected chi connectivity index (χ3v) is 0. The van der Waals surface area contributed by atoms with Crippen LogP contribution in [0.2, 0.25) is 0 Å². The molecule has 0 aromatic heterocycles. The average molecular weight is 349 g/mol. The van der Waals surface area contributed by atoms with Crippen molar-refractivity contribution in [2.75, 3.05) is 0 Å². The van der Waals surface area contributed by atoms with E-state index in [1.54, 1.807) is 0 Å². The van der Waals surface area contributed by atoms with Crippen LogP contribution in [0.4, 0.5) is 0 Å². The van der Waals surface area contributed by atoms with Gasteiger partial charge in [0.1, 0.15) is 0 Å². The standard InChI is InChI=1S/C4H10.2Al.3HO3P/c1-4(2)3;;;3*1-4(2)3/h4H,1-3H3;;;3*(H,1,2,3)/q;2*+3;;;/p-3. The summed E-state index contributed by atoms with van der Waals surface area (Å²) in [4.78, 5) is 50.9. The molecule has 0 fully saturated rings. The van der Waals surface area contributed by atoms with E-state index in [9.17, 15) is 0 Å². The largest absolute Gasteiger partial charge is 3.00 e. The maximum absolute atomic E-state index is 8.48. The molecule has 0 spiro atoms. The summed E-state index contributed by atoms with van der Waals surface area (Å²) in [5, 5.41) is 0. The van der Waals surface area contributed by atoms with Gasteiger partial charge in [0.15, 0.2) is 0 Å². The van der Waals surface area contributed by atoms with Crippen molar-refractivity contribution in [3.63, 3.8) is 0 Å². The molecule has 0 heterocycles. The Morgan fingerprint density at radius 1 is 0.611 bits per heavy atom. The molecule has 9 nitrogen and oxygen atoms in total. The molecule has 0 saturated heterocycles. The van der Waals surface area contributed by atoms with Crippen LogP contribution in [0.25, 0.3) is 0 Å². The maximum atomic E-state index is 8.48. The van der Waals surface area contributed by atoms with E-state index in [1.165, 1.54) is 0 Å². The summed E-state index contributed by atoms with van der Waals surface area (Å²) < 4.78 is 25.4. The summed E-state index contributed by atoms with van der Waals surface area (Å²) in [6.07, 6.45) is 0. The van der Waals surface area contributed by atoms with Crippen molar-refractivity contribution in [2.24, 2.45) is 5.92 Å². The molecule has 0 N–H and O–H groups in total. The molecule has 0 radical (unpaired) electrons. The topological polar surface area (TPSA) is 190 Å². The van der Waals surface area contributed by atoms with Gasteiger partial charge >= 0.3 is 34.7 Å². The van der Waals surface area contributed by atoms with Crippen LogP contribution in [0.15, 0.2) is 0 Å². The normalized spacial score (nSPS) is 6.33. The van der Waals surface area contributed by atoms with Crippen LogP contribution >= 0.6 is 24.8 Å². The van der Waals surface area contributed by atoms with Crippen LogP contribution in [0.1, 0.15) is 20.8 Å². The fraction of sp³-hybridized carbons (Fsp3) is 1.00. The SMILES string of the molecule is CC(C)C.O=[P+]([O-])[O-].O=[P+]([O-])[O-].O=[P+]([O-])[O-].[Al+3].[Al+3]. The Morgan fingerprint density at radius 2 is 0.611 bits per heavy atom. The van der Waals surface area contributed by atoms with E-state index in [0.29, 0.717) is 0 Å². The summed E-state index contributed by atoms with van der Waals surface area (Å²) >= 11 is 0. The minimum Gasteiger partial charge on any atom is -0.598 e. The summed E-state index contributed by atoms with van der Waals surface area (Å²) in [6, 6.07) is 0. The van der Waals surface area contributed by atoms with Gasteiger partial charge < -0.3 is 29.4 Å². The van der Waals surface area contributed by atoms with Gasteiger partial charge in [-0.15, -0.1) is 0 Å². The summed E-state index contributed by atoms with van der Waals surface area (Å²) in [5.41, 5.74) is 0. The molecule has 18 heavy (non-hydrogen) atoms. The Kier molecular flexibility index (Phi) is 62.5. The Labute approximate surface area is 129 Å². The zero-order valence-electron chi connectivity index (χ0n) is 9.75. The molecule has 98 valence electrons. The first-order chi connectivity index (χ1) is 6.93. The molecule has 14 heteroatoms. The van der Waals surface area contributed by atoms with Crippen LogP contribution < -0.4 is 29.4 Å². The molecule has 0 rings (SSSR count). The van der Waals surface area contributed by atoms with Gasteiger partial charge in [0, 0.05) is 0 Å². The fourth-order valence-electron chi connectivity index (χ4n) is 0. The van der Waals surface area contributed by atoms with Crippen molar-refractivity contribution in [3.8, 4) is 0 Å². The average Bonchev–Trinajstić information content (AvgIpc) is 1.76. The minimum absolute atomic E-state index is 0. The Balaban J connectivity index is -0.0000000257. The van der Waals surface area contributed by atoms with Gasteiger partial charge in [-0.3, -0.25) is 0 Å². The third-order valence-electron chi connectivity index (χ3n) is 0. The van der Waals surface area contributed by atoms with Crippen LogP contribution in [0.5, 0.6) is 0 Å². The van der Waals surface area contributed by atoms with E-state index in [0.717, 1.165) is 5.92 Å². The first-order valence-electron chi connectivity index (χ1n) is 3.38. The van der Waals surface area contributed by atoms with Gasteiger partial charge in [-0.25, -0.2) is 0 Å².